The zero-order valence-electron chi connectivity index (χ0n) is 11.4. The van der Waals surface area contributed by atoms with Gasteiger partial charge in [-0.05, 0) is 31.2 Å². The monoisotopic (exact) mass is 300 g/mol. The van der Waals surface area contributed by atoms with Crippen LogP contribution in [-0.4, -0.2) is 31.2 Å². The number of rotatable bonds is 7. The first-order valence-corrected chi connectivity index (χ1v) is 7.39. The van der Waals surface area contributed by atoms with Crippen LogP contribution >= 0.6 is 7.60 Å². The smallest absolute Gasteiger partial charge is 0.358 e. The molecule has 0 heterocycles. The molecule has 110 valence electrons. The van der Waals surface area contributed by atoms with Gasteiger partial charge in [0.25, 0.3) is 0 Å². The summed E-state index contributed by atoms with van der Waals surface area (Å²) in [7, 11) is -2.43. The maximum atomic E-state index is 11.9. The van der Waals surface area contributed by atoms with Gasteiger partial charge >= 0.3 is 13.6 Å². The first-order chi connectivity index (χ1) is 9.36. The predicted octanol–water partition coefficient (Wildman–Crippen LogP) is 1.64. The third-order valence-electron chi connectivity index (χ3n) is 2.33. The van der Waals surface area contributed by atoms with E-state index in [1.807, 2.05) is 0 Å². The van der Waals surface area contributed by atoms with E-state index < -0.39 is 13.6 Å². The molecule has 0 bridgehead atoms. The van der Waals surface area contributed by atoms with Gasteiger partial charge in [-0.15, -0.1) is 0 Å². The highest BCUT2D eigenvalue weighted by Crippen LogP contribution is 2.40. The Morgan fingerprint density at radius 2 is 1.90 bits per heavy atom. The van der Waals surface area contributed by atoms with Crippen LogP contribution in [0.1, 0.15) is 6.92 Å². The third-order valence-corrected chi connectivity index (χ3v) is 3.81. The second-order valence-electron chi connectivity index (χ2n) is 3.97. The molecule has 0 aliphatic heterocycles. The number of esters is 1. The van der Waals surface area contributed by atoms with Crippen LogP contribution in [0.15, 0.2) is 36.4 Å². The summed E-state index contributed by atoms with van der Waals surface area (Å²) in [5.74, 6) is 0.00922. The fraction of sp³-hybridized carbons (Fsp3) is 0.308. The minimum Gasteiger partial charge on any atom is -0.497 e. The van der Waals surface area contributed by atoms with Crippen LogP contribution in [0.2, 0.25) is 0 Å². The second-order valence-corrected chi connectivity index (χ2v) is 5.78. The van der Waals surface area contributed by atoms with Gasteiger partial charge in [-0.2, -0.15) is 0 Å². The number of hydrogen-bond donors (Lipinski definition) is 1. The van der Waals surface area contributed by atoms with Gasteiger partial charge in [0.2, 0.25) is 0 Å². The number of benzene rings is 1. The molecule has 7 heteroatoms. The highest BCUT2D eigenvalue weighted by Gasteiger charge is 2.22. The molecule has 0 amide bonds. The summed E-state index contributed by atoms with van der Waals surface area (Å²) < 4.78 is 26.5. The predicted molar refractivity (Wildman–Crippen MR) is 74.2 cm³/mol. The van der Waals surface area contributed by atoms with E-state index in [4.69, 9.17) is 14.0 Å². The van der Waals surface area contributed by atoms with Gasteiger partial charge in [0, 0.05) is 5.57 Å². The van der Waals surface area contributed by atoms with Crippen molar-refractivity contribution in [3.05, 3.63) is 36.4 Å². The van der Waals surface area contributed by atoms with E-state index in [1.165, 1.54) is 26.2 Å². The Balaban J connectivity index is 2.50. The molecule has 0 radical (unpaired) electrons. The van der Waals surface area contributed by atoms with Crippen LogP contribution in [0.25, 0.3) is 0 Å². The summed E-state index contributed by atoms with van der Waals surface area (Å²) in [4.78, 5) is 20.8. The summed E-state index contributed by atoms with van der Waals surface area (Å²) in [6.07, 6.45) is 0. The molecule has 20 heavy (non-hydrogen) atoms. The fourth-order valence-corrected chi connectivity index (χ4v) is 2.26. The Bertz CT molecular complexity index is 522. The molecule has 6 nitrogen and oxygen atoms in total. The van der Waals surface area contributed by atoms with Gasteiger partial charge in [0.1, 0.15) is 12.4 Å². The van der Waals surface area contributed by atoms with Crippen LogP contribution in [-0.2, 0) is 18.6 Å². The van der Waals surface area contributed by atoms with E-state index in [-0.39, 0.29) is 24.1 Å². The lowest BCUT2D eigenvalue weighted by Crippen LogP contribution is -2.13. The quantitative estimate of drug-likeness (QED) is 0.357. The van der Waals surface area contributed by atoms with Crippen LogP contribution in [0.5, 0.6) is 5.75 Å². The average molecular weight is 300 g/mol. The molecule has 0 saturated heterocycles. The molecule has 0 saturated carbocycles. The molecule has 1 rings (SSSR count). The van der Waals surface area contributed by atoms with Crippen molar-refractivity contribution in [3.8, 4) is 5.75 Å². The zero-order valence-corrected chi connectivity index (χ0v) is 12.3. The number of methoxy groups -OCH3 is 1. The van der Waals surface area contributed by atoms with Crippen molar-refractivity contribution in [2.45, 2.75) is 6.92 Å². The molecule has 0 aliphatic carbocycles. The van der Waals surface area contributed by atoms with E-state index in [9.17, 15) is 14.3 Å². The fourth-order valence-electron chi connectivity index (χ4n) is 1.26. The second kappa shape index (κ2) is 7.24. The summed E-state index contributed by atoms with van der Waals surface area (Å²) in [5, 5.41) is 0.143. The maximum absolute atomic E-state index is 11.9. The lowest BCUT2D eigenvalue weighted by molar-refractivity contribution is -0.139. The largest absolute Gasteiger partial charge is 0.497 e. The number of ether oxygens (including phenoxy) is 2. The van der Waals surface area contributed by atoms with Crippen molar-refractivity contribution >= 4 is 18.9 Å². The third kappa shape index (κ3) is 4.81. The van der Waals surface area contributed by atoms with Crippen molar-refractivity contribution in [1.82, 2.24) is 0 Å². The first-order valence-electron chi connectivity index (χ1n) is 5.81. The van der Waals surface area contributed by atoms with E-state index in [0.717, 1.165) is 0 Å². The number of carbonyl (C=O) groups is 1. The van der Waals surface area contributed by atoms with Crippen molar-refractivity contribution in [2.75, 3.05) is 20.3 Å². The van der Waals surface area contributed by atoms with Crippen LogP contribution in [0.4, 0.5) is 0 Å². The molecule has 1 N–H and O–H groups in total. The summed E-state index contributed by atoms with van der Waals surface area (Å²) in [5.41, 5.74) is 0.257. The topological polar surface area (TPSA) is 82.1 Å². The normalized spacial score (nSPS) is 13.3. The van der Waals surface area contributed by atoms with Crippen molar-refractivity contribution in [1.29, 1.82) is 0 Å². The molecule has 0 aliphatic rings. The standard InChI is InChI=1S/C13H17O6P/c1-10(2)13(14)18-8-9-19-20(15,16)12-6-4-11(17-3)5-7-12/h4-7H,1,8-9H2,2-3H3,(H,15,16). The Morgan fingerprint density at radius 3 is 2.40 bits per heavy atom. The molecule has 0 spiro atoms. The molecule has 1 aromatic rings. The van der Waals surface area contributed by atoms with Crippen LogP contribution < -0.4 is 10.0 Å². The molecule has 0 aromatic heterocycles. The maximum Gasteiger partial charge on any atom is 0.358 e. The van der Waals surface area contributed by atoms with Crippen LogP contribution in [0, 0.1) is 0 Å². The SMILES string of the molecule is C=C(C)C(=O)OCCOP(=O)(O)c1ccc(OC)cc1. The van der Waals surface area contributed by atoms with Gasteiger partial charge in [0.05, 0.1) is 19.0 Å². The van der Waals surface area contributed by atoms with Crippen molar-refractivity contribution < 1.29 is 28.3 Å². The summed E-state index contributed by atoms with van der Waals surface area (Å²) in [6, 6.07) is 6.00. The molecule has 1 atom stereocenters. The van der Waals surface area contributed by atoms with Gasteiger partial charge in [-0.1, -0.05) is 6.58 Å². The minimum atomic E-state index is -3.93. The van der Waals surface area contributed by atoms with Crippen LogP contribution in [0.3, 0.4) is 0 Å². The molecule has 1 unspecified atom stereocenters. The Kier molecular flexibility index (Phi) is 5.95. The van der Waals surface area contributed by atoms with E-state index in [2.05, 4.69) is 6.58 Å². The van der Waals surface area contributed by atoms with E-state index in [0.29, 0.717) is 5.75 Å². The summed E-state index contributed by atoms with van der Waals surface area (Å²) in [6.45, 7) is 4.63. The minimum absolute atomic E-state index is 0.119. The highest BCUT2D eigenvalue weighted by molar-refractivity contribution is 7.61. The molecule has 1 aromatic carbocycles. The van der Waals surface area contributed by atoms with E-state index in [1.54, 1.807) is 12.1 Å². The first kappa shape index (κ1) is 16.4. The van der Waals surface area contributed by atoms with Gasteiger partial charge < -0.3 is 18.9 Å². The molecule has 0 fully saturated rings. The Hall–Kier alpha value is -1.62. The molecular weight excluding hydrogens is 283 g/mol. The van der Waals surface area contributed by atoms with Gasteiger partial charge in [-0.25, -0.2) is 4.79 Å². The number of carbonyl (C=O) groups excluding carboxylic acids is 1. The van der Waals surface area contributed by atoms with Gasteiger partial charge in [-0.3, -0.25) is 4.57 Å². The average Bonchev–Trinajstić information content (AvgIpc) is 2.43. The Labute approximate surface area is 117 Å². The Morgan fingerprint density at radius 1 is 1.30 bits per heavy atom. The summed E-state index contributed by atoms with van der Waals surface area (Å²) >= 11 is 0. The van der Waals surface area contributed by atoms with Gasteiger partial charge in [0.15, 0.2) is 0 Å². The molecular formula is C13H17O6P. The highest BCUT2D eigenvalue weighted by atomic mass is 31.2. The lowest BCUT2D eigenvalue weighted by Gasteiger charge is -2.12. The van der Waals surface area contributed by atoms with Crippen molar-refractivity contribution in [2.24, 2.45) is 0 Å². The number of hydrogen-bond acceptors (Lipinski definition) is 5. The van der Waals surface area contributed by atoms with E-state index >= 15 is 0 Å². The zero-order chi connectivity index (χ0) is 15.2. The van der Waals surface area contributed by atoms with Crippen molar-refractivity contribution in [3.63, 3.8) is 0 Å². The lowest BCUT2D eigenvalue weighted by atomic mass is 10.3.